The third kappa shape index (κ3) is 5.63. The van der Waals surface area contributed by atoms with Crippen LogP contribution in [0.1, 0.15) is 42.1 Å². The number of rotatable bonds is 8. The van der Waals surface area contributed by atoms with Gasteiger partial charge in [-0.1, -0.05) is 12.1 Å². The van der Waals surface area contributed by atoms with Crippen LogP contribution in [0.2, 0.25) is 0 Å². The minimum absolute atomic E-state index is 0. The quantitative estimate of drug-likeness (QED) is 0.547. The summed E-state index contributed by atoms with van der Waals surface area (Å²) in [5, 5.41) is 9.82. The van der Waals surface area contributed by atoms with E-state index in [2.05, 4.69) is 35.4 Å². The van der Waals surface area contributed by atoms with Gasteiger partial charge in [0.1, 0.15) is 0 Å². The first kappa shape index (κ1) is 19.6. The molecule has 1 aromatic carbocycles. The fraction of sp³-hybridized carbons (Fsp3) is 0.300. The lowest BCUT2D eigenvalue weighted by atomic mass is 10.1. The van der Waals surface area contributed by atoms with Crippen LogP contribution in [0.4, 0.5) is 0 Å². The molecule has 1 N–H and O–H groups in total. The van der Waals surface area contributed by atoms with Gasteiger partial charge in [-0.3, -0.25) is 9.78 Å². The first-order chi connectivity index (χ1) is 11.7. The van der Waals surface area contributed by atoms with Crippen molar-refractivity contribution in [2.24, 2.45) is 0 Å². The summed E-state index contributed by atoms with van der Waals surface area (Å²) in [4.78, 5) is 16.1. The van der Waals surface area contributed by atoms with Crippen molar-refractivity contribution in [2.45, 2.75) is 38.8 Å². The molecule has 0 spiro atoms. The molecule has 3 rings (SSSR count). The summed E-state index contributed by atoms with van der Waals surface area (Å²) in [5.74, 6) is 0.256. The van der Waals surface area contributed by atoms with E-state index in [1.54, 1.807) is 11.3 Å². The SMILES string of the molecule is C[C@H](CCCC(=O)c1ccsc1)NCc1ccc2cnccc2c1.Cl. The van der Waals surface area contributed by atoms with Crippen molar-refractivity contribution in [3.05, 3.63) is 64.6 Å². The van der Waals surface area contributed by atoms with Crippen molar-refractivity contribution in [1.29, 1.82) is 0 Å². The molecule has 0 aliphatic heterocycles. The third-order valence-electron chi connectivity index (χ3n) is 4.24. The molecule has 2 aromatic heterocycles. The number of fused-ring (bicyclic) bond motifs is 1. The smallest absolute Gasteiger partial charge is 0.163 e. The minimum Gasteiger partial charge on any atom is -0.310 e. The van der Waals surface area contributed by atoms with E-state index in [1.165, 1.54) is 16.3 Å². The van der Waals surface area contributed by atoms with Gasteiger partial charge < -0.3 is 5.32 Å². The van der Waals surface area contributed by atoms with Crippen LogP contribution in [0.25, 0.3) is 10.8 Å². The van der Waals surface area contributed by atoms with E-state index in [0.29, 0.717) is 12.5 Å². The predicted octanol–water partition coefficient (Wildman–Crippen LogP) is 5.25. The number of aromatic nitrogens is 1. The number of benzene rings is 1. The molecule has 0 radical (unpaired) electrons. The van der Waals surface area contributed by atoms with Crippen LogP contribution in [-0.2, 0) is 6.54 Å². The molecule has 5 heteroatoms. The van der Waals surface area contributed by atoms with Gasteiger partial charge in [-0.05, 0) is 54.3 Å². The molecule has 3 nitrogen and oxygen atoms in total. The molecule has 132 valence electrons. The molecule has 0 aliphatic carbocycles. The van der Waals surface area contributed by atoms with Crippen LogP contribution in [0.5, 0.6) is 0 Å². The highest BCUT2D eigenvalue weighted by Crippen LogP contribution is 2.15. The average Bonchev–Trinajstić information content (AvgIpc) is 3.14. The highest BCUT2D eigenvalue weighted by Gasteiger charge is 2.08. The number of thiophene rings is 1. The van der Waals surface area contributed by atoms with E-state index in [1.807, 2.05) is 35.3 Å². The Labute approximate surface area is 158 Å². The van der Waals surface area contributed by atoms with Gasteiger partial charge in [0.15, 0.2) is 5.78 Å². The number of carbonyl (C=O) groups is 1. The van der Waals surface area contributed by atoms with E-state index in [0.717, 1.165) is 24.9 Å². The Kier molecular flexibility index (Phi) is 7.56. The van der Waals surface area contributed by atoms with Gasteiger partial charge in [-0.2, -0.15) is 11.3 Å². The number of nitrogens with zero attached hydrogens (tertiary/aromatic N) is 1. The molecule has 0 bridgehead atoms. The molecule has 0 fully saturated rings. The van der Waals surface area contributed by atoms with E-state index >= 15 is 0 Å². The monoisotopic (exact) mass is 374 g/mol. The summed E-state index contributed by atoms with van der Waals surface area (Å²) in [6.45, 7) is 3.03. The third-order valence-corrected chi connectivity index (χ3v) is 4.93. The van der Waals surface area contributed by atoms with Gasteiger partial charge in [0.25, 0.3) is 0 Å². The van der Waals surface area contributed by atoms with Gasteiger partial charge in [-0.15, -0.1) is 12.4 Å². The zero-order chi connectivity index (χ0) is 16.8. The largest absolute Gasteiger partial charge is 0.310 e. The summed E-state index contributed by atoms with van der Waals surface area (Å²) in [6.07, 6.45) is 6.28. The number of halogens is 1. The first-order valence-electron chi connectivity index (χ1n) is 8.34. The number of pyridine rings is 1. The summed E-state index contributed by atoms with van der Waals surface area (Å²) in [6, 6.07) is 10.8. The van der Waals surface area contributed by atoms with Crippen molar-refractivity contribution >= 4 is 40.3 Å². The van der Waals surface area contributed by atoms with Crippen LogP contribution in [0.15, 0.2) is 53.5 Å². The number of nitrogens with one attached hydrogen (secondary N) is 1. The average molecular weight is 375 g/mol. The van der Waals surface area contributed by atoms with E-state index in [4.69, 9.17) is 0 Å². The second kappa shape index (κ2) is 9.66. The zero-order valence-electron chi connectivity index (χ0n) is 14.3. The predicted molar refractivity (Wildman–Crippen MR) is 108 cm³/mol. The molecule has 2 heterocycles. The fourth-order valence-corrected chi connectivity index (χ4v) is 3.43. The lowest BCUT2D eigenvalue weighted by Crippen LogP contribution is -2.25. The van der Waals surface area contributed by atoms with E-state index in [9.17, 15) is 4.79 Å². The topological polar surface area (TPSA) is 42.0 Å². The Bertz CT molecular complexity index is 804. The Hall–Kier alpha value is -1.75. The second-order valence-corrected chi connectivity index (χ2v) is 6.95. The number of carbonyl (C=O) groups excluding carboxylic acids is 1. The summed E-state index contributed by atoms with van der Waals surface area (Å²) < 4.78 is 0. The van der Waals surface area contributed by atoms with Crippen LogP contribution < -0.4 is 5.32 Å². The van der Waals surface area contributed by atoms with Crippen molar-refractivity contribution in [2.75, 3.05) is 0 Å². The zero-order valence-corrected chi connectivity index (χ0v) is 15.9. The highest BCUT2D eigenvalue weighted by molar-refractivity contribution is 7.08. The van der Waals surface area contributed by atoms with Crippen molar-refractivity contribution < 1.29 is 4.79 Å². The Morgan fingerprint density at radius 3 is 2.92 bits per heavy atom. The molecule has 0 saturated heterocycles. The standard InChI is InChI=1S/C20H22N2OS.ClH/c1-15(3-2-4-20(23)19-8-10-24-14-19)22-12-16-5-6-18-13-21-9-7-17(18)11-16;/h5-11,13-15,22H,2-4,12H2,1H3;1H/t15-;/m1./s1. The van der Waals surface area contributed by atoms with Crippen molar-refractivity contribution in [3.63, 3.8) is 0 Å². The Morgan fingerprint density at radius 2 is 2.12 bits per heavy atom. The summed E-state index contributed by atoms with van der Waals surface area (Å²) >= 11 is 1.58. The molecule has 0 unspecified atom stereocenters. The minimum atomic E-state index is 0. The van der Waals surface area contributed by atoms with Crippen molar-refractivity contribution in [1.82, 2.24) is 10.3 Å². The van der Waals surface area contributed by atoms with Crippen LogP contribution in [0, 0.1) is 0 Å². The maximum Gasteiger partial charge on any atom is 0.163 e. The Morgan fingerprint density at radius 1 is 1.24 bits per heavy atom. The fourth-order valence-electron chi connectivity index (χ4n) is 2.77. The molecule has 3 aromatic rings. The maximum absolute atomic E-state index is 12.0. The van der Waals surface area contributed by atoms with E-state index in [-0.39, 0.29) is 18.2 Å². The van der Waals surface area contributed by atoms with E-state index < -0.39 is 0 Å². The molecule has 25 heavy (non-hydrogen) atoms. The van der Waals surface area contributed by atoms with Crippen LogP contribution in [-0.4, -0.2) is 16.8 Å². The number of hydrogen-bond donors (Lipinski definition) is 1. The van der Waals surface area contributed by atoms with Crippen LogP contribution in [0.3, 0.4) is 0 Å². The summed E-state index contributed by atoms with van der Waals surface area (Å²) in [7, 11) is 0. The van der Waals surface area contributed by atoms with Crippen molar-refractivity contribution in [3.8, 4) is 0 Å². The Balaban J connectivity index is 0.00000225. The lowest BCUT2D eigenvalue weighted by Gasteiger charge is -2.14. The normalized spacial score (nSPS) is 11.9. The van der Waals surface area contributed by atoms with Crippen LogP contribution >= 0.6 is 23.7 Å². The molecule has 0 saturated carbocycles. The summed E-state index contributed by atoms with van der Waals surface area (Å²) in [5.41, 5.74) is 2.13. The van der Waals surface area contributed by atoms with Gasteiger partial charge >= 0.3 is 0 Å². The van der Waals surface area contributed by atoms with Gasteiger partial charge in [-0.25, -0.2) is 0 Å². The van der Waals surface area contributed by atoms with Gasteiger partial charge in [0.2, 0.25) is 0 Å². The van der Waals surface area contributed by atoms with Gasteiger partial charge in [0, 0.05) is 47.7 Å². The highest BCUT2D eigenvalue weighted by atomic mass is 35.5. The lowest BCUT2D eigenvalue weighted by molar-refractivity contribution is 0.0979. The molecule has 1 atom stereocenters. The number of ketones is 1. The molecule has 0 amide bonds. The molecular formula is C20H23ClN2OS. The van der Waals surface area contributed by atoms with Gasteiger partial charge in [0.05, 0.1) is 0 Å². The first-order valence-corrected chi connectivity index (χ1v) is 9.28. The molecular weight excluding hydrogens is 352 g/mol. The number of Topliss-reactive ketones (excluding diaryl/α,β-unsaturated/α-hetero) is 1. The maximum atomic E-state index is 12.0. The molecule has 0 aliphatic rings. The second-order valence-electron chi connectivity index (χ2n) is 6.17. The number of hydrogen-bond acceptors (Lipinski definition) is 4.